The third-order valence-electron chi connectivity index (χ3n) is 6.12. The maximum absolute atomic E-state index is 2.47. The topological polar surface area (TPSA) is 0 Å². The van der Waals surface area contributed by atoms with Gasteiger partial charge in [-0.05, 0) is 11.0 Å². The largest absolute Gasteiger partial charge is 0.0678 e. The second-order valence-electron chi connectivity index (χ2n) is 5.72. The van der Waals surface area contributed by atoms with Gasteiger partial charge in [0.1, 0.15) is 0 Å². The van der Waals surface area contributed by atoms with Crippen LogP contribution in [-0.2, 0) is 0 Å². The van der Waals surface area contributed by atoms with Crippen LogP contribution >= 0.6 is 0 Å². The molecule has 0 aromatic rings. The Bertz CT molecular complexity index is 177. The maximum Gasteiger partial charge on any atom is 0.0592 e. The van der Waals surface area contributed by atoms with Crippen LogP contribution in [0.2, 0.25) is 23.2 Å². The highest BCUT2D eigenvalue weighted by molar-refractivity contribution is 6.82. The van der Waals surface area contributed by atoms with Gasteiger partial charge in [-0.3, -0.25) is 0 Å². The summed E-state index contributed by atoms with van der Waals surface area (Å²) in [5.41, 5.74) is 0. The molecule has 1 heteroatoms. The molecule has 0 saturated carbocycles. The van der Waals surface area contributed by atoms with Crippen LogP contribution in [0.15, 0.2) is 0 Å². The zero-order valence-electron chi connectivity index (χ0n) is 13.5. The van der Waals surface area contributed by atoms with Crippen LogP contribution in [-0.4, -0.2) is 8.07 Å². The fraction of sp³-hybridized carbons (Fsp3) is 1.00. The lowest BCUT2D eigenvalue weighted by Gasteiger charge is -2.53. The molecule has 0 spiro atoms. The highest BCUT2D eigenvalue weighted by Gasteiger charge is 2.50. The molecule has 0 aromatic heterocycles. The molecule has 0 heterocycles. The van der Waals surface area contributed by atoms with Gasteiger partial charge >= 0.3 is 0 Å². The van der Waals surface area contributed by atoms with Gasteiger partial charge in [0, 0.05) is 0 Å². The van der Waals surface area contributed by atoms with Crippen molar-refractivity contribution < 1.29 is 0 Å². The first-order valence-corrected chi connectivity index (χ1v) is 10.7. The van der Waals surface area contributed by atoms with Crippen LogP contribution in [0.25, 0.3) is 0 Å². The molecule has 0 aliphatic heterocycles. The molecule has 0 fully saturated rings. The van der Waals surface area contributed by atoms with E-state index >= 15 is 0 Å². The van der Waals surface area contributed by atoms with Crippen LogP contribution < -0.4 is 0 Å². The van der Waals surface area contributed by atoms with Crippen molar-refractivity contribution in [2.75, 3.05) is 0 Å². The molecular weight excluding hydrogens is 220 g/mol. The van der Waals surface area contributed by atoms with Crippen LogP contribution in [0.3, 0.4) is 0 Å². The van der Waals surface area contributed by atoms with Gasteiger partial charge < -0.3 is 0 Å². The molecule has 0 aromatic carbocycles. The SMILES string of the molecule is CCC(CC)C(CC)(CC)[Si](CC)(CC)CC. The van der Waals surface area contributed by atoms with Gasteiger partial charge in [-0.1, -0.05) is 92.3 Å². The first-order chi connectivity index (χ1) is 8.07. The van der Waals surface area contributed by atoms with Crippen molar-refractivity contribution in [3.05, 3.63) is 0 Å². The Morgan fingerprint density at radius 1 is 0.706 bits per heavy atom. The molecule has 0 aliphatic carbocycles. The number of rotatable bonds is 9. The zero-order valence-corrected chi connectivity index (χ0v) is 14.5. The predicted molar refractivity (Wildman–Crippen MR) is 84.5 cm³/mol. The lowest BCUT2D eigenvalue weighted by molar-refractivity contribution is 0.297. The summed E-state index contributed by atoms with van der Waals surface area (Å²) in [6.45, 7) is 17.2. The second kappa shape index (κ2) is 7.61. The van der Waals surface area contributed by atoms with E-state index in [1.807, 2.05) is 0 Å². The number of hydrogen-bond donors (Lipinski definition) is 0. The normalized spacial score (nSPS) is 13.4. The maximum atomic E-state index is 2.47. The van der Waals surface area contributed by atoms with Gasteiger partial charge in [-0.2, -0.15) is 0 Å². The molecule has 0 unspecified atom stereocenters. The van der Waals surface area contributed by atoms with E-state index < -0.39 is 8.07 Å². The third kappa shape index (κ3) is 2.80. The summed E-state index contributed by atoms with van der Waals surface area (Å²) in [5.74, 6) is 0.962. The Balaban J connectivity index is 5.56. The van der Waals surface area contributed by atoms with Gasteiger partial charge in [0.05, 0.1) is 8.07 Å². The molecule has 0 atom stereocenters. The Labute approximate surface area is 112 Å². The lowest BCUT2D eigenvalue weighted by atomic mass is 9.83. The quantitative estimate of drug-likeness (QED) is 0.413. The van der Waals surface area contributed by atoms with Crippen molar-refractivity contribution in [1.29, 1.82) is 0 Å². The van der Waals surface area contributed by atoms with E-state index in [1.54, 1.807) is 0 Å². The van der Waals surface area contributed by atoms with Crippen molar-refractivity contribution in [3.63, 3.8) is 0 Å². The molecule has 0 rings (SSSR count). The molecule has 0 amide bonds. The summed E-state index contributed by atoms with van der Waals surface area (Å²) in [5, 5.41) is 0.703. The average Bonchev–Trinajstić information content (AvgIpc) is 2.40. The van der Waals surface area contributed by atoms with Crippen LogP contribution in [0.4, 0.5) is 0 Å². The molecule has 0 radical (unpaired) electrons. The molecule has 0 aliphatic rings. The van der Waals surface area contributed by atoms with Crippen molar-refractivity contribution >= 4 is 8.07 Å². The van der Waals surface area contributed by atoms with Crippen molar-refractivity contribution in [2.45, 2.75) is 97.3 Å². The zero-order chi connectivity index (χ0) is 13.5. The van der Waals surface area contributed by atoms with E-state index in [4.69, 9.17) is 0 Å². The van der Waals surface area contributed by atoms with Gasteiger partial charge in [0.15, 0.2) is 0 Å². The average molecular weight is 257 g/mol. The summed E-state index contributed by atoms with van der Waals surface area (Å²) in [4.78, 5) is 0. The van der Waals surface area contributed by atoms with Crippen LogP contribution in [0.1, 0.15) is 74.1 Å². The van der Waals surface area contributed by atoms with Crippen molar-refractivity contribution in [3.8, 4) is 0 Å². The summed E-state index contributed by atoms with van der Waals surface area (Å²) in [6.07, 6.45) is 5.59. The standard InChI is InChI=1S/C16H36Si/c1-8-15(9-2)16(10-3,11-4)17(12-5,13-6)14-7/h15H,8-14H2,1-7H3. The molecule has 104 valence electrons. The molecule has 17 heavy (non-hydrogen) atoms. The Morgan fingerprint density at radius 3 is 1.24 bits per heavy atom. The summed E-state index contributed by atoms with van der Waals surface area (Å²) >= 11 is 0. The van der Waals surface area contributed by atoms with E-state index in [2.05, 4.69) is 48.5 Å². The van der Waals surface area contributed by atoms with E-state index in [0.29, 0.717) is 5.04 Å². The van der Waals surface area contributed by atoms with Gasteiger partial charge in [-0.15, -0.1) is 0 Å². The van der Waals surface area contributed by atoms with Crippen LogP contribution in [0.5, 0.6) is 0 Å². The van der Waals surface area contributed by atoms with E-state index in [9.17, 15) is 0 Å². The minimum atomic E-state index is -1.10. The van der Waals surface area contributed by atoms with Gasteiger partial charge in [-0.25, -0.2) is 0 Å². The highest BCUT2D eigenvalue weighted by Crippen LogP contribution is 2.57. The predicted octanol–water partition coefficient (Wildman–Crippen LogP) is 6.49. The molecular formula is C16H36Si. The molecule has 0 saturated heterocycles. The van der Waals surface area contributed by atoms with E-state index in [0.717, 1.165) is 5.92 Å². The van der Waals surface area contributed by atoms with Crippen LogP contribution in [0, 0.1) is 5.92 Å². The first kappa shape index (κ1) is 17.2. The lowest BCUT2D eigenvalue weighted by Crippen LogP contribution is -2.49. The third-order valence-corrected chi connectivity index (χ3v) is 13.4. The first-order valence-electron chi connectivity index (χ1n) is 8.07. The summed E-state index contributed by atoms with van der Waals surface area (Å²) in [7, 11) is -1.10. The Morgan fingerprint density at radius 2 is 1.06 bits per heavy atom. The summed E-state index contributed by atoms with van der Waals surface area (Å²) in [6, 6.07) is 4.45. The molecule has 0 bridgehead atoms. The smallest absolute Gasteiger partial charge is 0.0592 e. The van der Waals surface area contributed by atoms with E-state index in [1.165, 1.54) is 43.8 Å². The minimum absolute atomic E-state index is 0.703. The van der Waals surface area contributed by atoms with Crippen molar-refractivity contribution in [2.24, 2.45) is 5.92 Å². The fourth-order valence-corrected chi connectivity index (χ4v) is 11.3. The Kier molecular flexibility index (Phi) is 7.70. The van der Waals surface area contributed by atoms with Gasteiger partial charge in [0.2, 0.25) is 0 Å². The summed E-state index contributed by atoms with van der Waals surface area (Å²) < 4.78 is 0. The fourth-order valence-electron chi connectivity index (χ4n) is 4.89. The van der Waals surface area contributed by atoms with Gasteiger partial charge in [0.25, 0.3) is 0 Å². The minimum Gasteiger partial charge on any atom is -0.0678 e. The molecule has 0 nitrogen and oxygen atoms in total. The number of hydrogen-bond acceptors (Lipinski definition) is 0. The second-order valence-corrected chi connectivity index (χ2v) is 11.4. The monoisotopic (exact) mass is 256 g/mol. The molecule has 0 N–H and O–H groups in total. The Hall–Kier alpha value is 0.217. The van der Waals surface area contributed by atoms with E-state index in [-0.39, 0.29) is 0 Å². The highest BCUT2D eigenvalue weighted by atomic mass is 28.3. The van der Waals surface area contributed by atoms with Crippen molar-refractivity contribution in [1.82, 2.24) is 0 Å².